The topological polar surface area (TPSA) is 38.7 Å². The van der Waals surface area contributed by atoms with Gasteiger partial charge in [0, 0.05) is 6.07 Å². The van der Waals surface area contributed by atoms with Crippen LogP contribution in [-0.4, -0.2) is 18.3 Å². The molecule has 0 radical (unpaired) electrons. The summed E-state index contributed by atoms with van der Waals surface area (Å²) in [5.41, 5.74) is 0.870. The van der Waals surface area contributed by atoms with E-state index in [0.717, 1.165) is 30.3 Å². The highest BCUT2D eigenvalue weighted by molar-refractivity contribution is 5.38. The average Bonchev–Trinajstić information content (AvgIpc) is 2.66. The Labute approximate surface area is 146 Å². The van der Waals surface area contributed by atoms with Gasteiger partial charge in [-0.15, -0.1) is 0 Å². The van der Waals surface area contributed by atoms with Crippen molar-refractivity contribution in [2.75, 3.05) is 13.2 Å². The van der Waals surface area contributed by atoms with Crippen molar-refractivity contribution >= 4 is 0 Å². The first-order valence-electron chi connectivity index (χ1n) is 9.84. The Morgan fingerprint density at radius 2 is 1.17 bits per heavy atom. The van der Waals surface area contributed by atoms with E-state index in [1.165, 1.54) is 64.2 Å². The molecule has 2 fully saturated rings. The summed E-state index contributed by atoms with van der Waals surface area (Å²) < 4.78 is 12.1. The molecule has 2 aliphatic carbocycles. The minimum absolute atomic E-state index is 0.0282. The molecule has 3 heteroatoms. The number of ether oxygens (including phenoxy) is 2. The van der Waals surface area contributed by atoms with E-state index in [9.17, 15) is 5.11 Å². The molecule has 24 heavy (non-hydrogen) atoms. The summed E-state index contributed by atoms with van der Waals surface area (Å²) in [5.74, 6) is 3.04. The highest BCUT2D eigenvalue weighted by Crippen LogP contribution is 2.29. The Morgan fingerprint density at radius 3 is 1.58 bits per heavy atom. The molecular formula is C21H32O3. The number of aliphatic hydroxyl groups is 1. The van der Waals surface area contributed by atoms with Crippen LogP contribution in [0.25, 0.3) is 0 Å². The van der Waals surface area contributed by atoms with Crippen LogP contribution in [0.15, 0.2) is 18.2 Å². The molecule has 1 aromatic rings. The van der Waals surface area contributed by atoms with E-state index in [-0.39, 0.29) is 6.61 Å². The summed E-state index contributed by atoms with van der Waals surface area (Å²) in [6.45, 7) is 1.61. The smallest absolute Gasteiger partial charge is 0.123 e. The van der Waals surface area contributed by atoms with Gasteiger partial charge in [-0.2, -0.15) is 0 Å². The fourth-order valence-corrected chi connectivity index (χ4v) is 4.02. The first kappa shape index (κ1) is 17.6. The Morgan fingerprint density at radius 1 is 0.708 bits per heavy atom. The maximum Gasteiger partial charge on any atom is 0.123 e. The zero-order valence-corrected chi connectivity index (χ0v) is 14.8. The molecule has 3 rings (SSSR count). The molecular weight excluding hydrogens is 300 g/mol. The summed E-state index contributed by atoms with van der Waals surface area (Å²) in [6.07, 6.45) is 13.2. The van der Waals surface area contributed by atoms with Gasteiger partial charge in [0.25, 0.3) is 0 Å². The first-order valence-corrected chi connectivity index (χ1v) is 9.84. The SMILES string of the molecule is OCc1cc(OCC2CCCCC2)cc(OCC2CCCCC2)c1. The highest BCUT2D eigenvalue weighted by Gasteiger charge is 2.16. The van der Waals surface area contributed by atoms with Crippen molar-refractivity contribution in [1.29, 1.82) is 0 Å². The van der Waals surface area contributed by atoms with E-state index in [0.29, 0.717) is 11.8 Å². The largest absolute Gasteiger partial charge is 0.493 e. The van der Waals surface area contributed by atoms with E-state index in [4.69, 9.17) is 9.47 Å². The van der Waals surface area contributed by atoms with Crippen LogP contribution in [0.3, 0.4) is 0 Å². The van der Waals surface area contributed by atoms with Crippen LogP contribution in [-0.2, 0) is 6.61 Å². The Kier molecular flexibility index (Phi) is 6.83. The van der Waals surface area contributed by atoms with Crippen LogP contribution in [0.1, 0.15) is 69.8 Å². The van der Waals surface area contributed by atoms with E-state index < -0.39 is 0 Å². The van der Waals surface area contributed by atoms with Crippen molar-refractivity contribution in [2.24, 2.45) is 11.8 Å². The molecule has 2 saturated carbocycles. The van der Waals surface area contributed by atoms with Crippen molar-refractivity contribution in [1.82, 2.24) is 0 Å². The Balaban J connectivity index is 1.55. The van der Waals surface area contributed by atoms with Gasteiger partial charge in [0.15, 0.2) is 0 Å². The van der Waals surface area contributed by atoms with E-state index in [1.807, 2.05) is 18.2 Å². The van der Waals surface area contributed by atoms with Crippen molar-refractivity contribution in [3.05, 3.63) is 23.8 Å². The highest BCUT2D eigenvalue weighted by atomic mass is 16.5. The zero-order chi connectivity index (χ0) is 16.6. The van der Waals surface area contributed by atoms with Gasteiger partial charge in [-0.05, 0) is 55.2 Å². The standard InChI is InChI=1S/C21H32O3/c22-14-19-11-20(23-15-17-7-3-1-4-8-17)13-21(12-19)24-16-18-9-5-2-6-10-18/h11-13,17-18,22H,1-10,14-16H2. The predicted octanol–water partition coefficient (Wildman–Crippen LogP) is 5.10. The maximum absolute atomic E-state index is 9.51. The van der Waals surface area contributed by atoms with Crippen molar-refractivity contribution in [3.63, 3.8) is 0 Å². The molecule has 0 spiro atoms. The van der Waals surface area contributed by atoms with Crippen molar-refractivity contribution in [3.8, 4) is 11.5 Å². The Bertz CT molecular complexity index is 448. The second-order valence-corrected chi connectivity index (χ2v) is 7.60. The van der Waals surface area contributed by atoms with Gasteiger partial charge in [0.2, 0.25) is 0 Å². The molecule has 0 amide bonds. The normalized spacial score (nSPS) is 20.0. The lowest BCUT2D eigenvalue weighted by Crippen LogP contribution is -2.16. The number of benzene rings is 1. The third-order valence-corrected chi connectivity index (χ3v) is 5.54. The molecule has 0 unspecified atom stereocenters. The van der Waals surface area contributed by atoms with Gasteiger partial charge in [0.1, 0.15) is 11.5 Å². The summed E-state index contributed by atoms with van der Waals surface area (Å²) >= 11 is 0. The predicted molar refractivity (Wildman–Crippen MR) is 96.5 cm³/mol. The Hall–Kier alpha value is -1.22. The number of rotatable bonds is 7. The number of hydrogen-bond acceptors (Lipinski definition) is 3. The van der Waals surface area contributed by atoms with Gasteiger partial charge < -0.3 is 14.6 Å². The molecule has 134 valence electrons. The molecule has 1 aromatic carbocycles. The molecule has 3 nitrogen and oxygen atoms in total. The summed E-state index contributed by atoms with van der Waals surface area (Å²) in [5, 5.41) is 9.51. The minimum Gasteiger partial charge on any atom is -0.493 e. The fourth-order valence-electron chi connectivity index (χ4n) is 4.02. The van der Waals surface area contributed by atoms with Crippen LogP contribution in [0.2, 0.25) is 0 Å². The number of hydrogen-bond donors (Lipinski definition) is 1. The molecule has 0 bridgehead atoms. The fraction of sp³-hybridized carbons (Fsp3) is 0.714. The molecule has 0 atom stereocenters. The molecule has 0 aromatic heterocycles. The van der Waals surface area contributed by atoms with Gasteiger partial charge in [-0.3, -0.25) is 0 Å². The molecule has 1 N–H and O–H groups in total. The second kappa shape index (κ2) is 9.31. The first-order chi connectivity index (χ1) is 11.8. The van der Waals surface area contributed by atoms with Crippen LogP contribution in [0.5, 0.6) is 11.5 Å². The lowest BCUT2D eigenvalue weighted by atomic mass is 9.90. The summed E-state index contributed by atoms with van der Waals surface area (Å²) in [7, 11) is 0. The van der Waals surface area contributed by atoms with Gasteiger partial charge in [-0.25, -0.2) is 0 Å². The third kappa shape index (κ3) is 5.41. The van der Waals surface area contributed by atoms with Gasteiger partial charge in [0.05, 0.1) is 19.8 Å². The second-order valence-electron chi connectivity index (χ2n) is 7.60. The zero-order valence-electron chi connectivity index (χ0n) is 14.8. The van der Waals surface area contributed by atoms with E-state index >= 15 is 0 Å². The van der Waals surface area contributed by atoms with Gasteiger partial charge in [-0.1, -0.05) is 38.5 Å². The quantitative estimate of drug-likeness (QED) is 0.755. The van der Waals surface area contributed by atoms with Gasteiger partial charge >= 0.3 is 0 Å². The molecule has 0 heterocycles. The summed E-state index contributed by atoms with van der Waals surface area (Å²) in [6, 6.07) is 5.87. The number of aliphatic hydroxyl groups excluding tert-OH is 1. The lowest BCUT2D eigenvalue weighted by molar-refractivity contribution is 0.199. The van der Waals surface area contributed by atoms with Crippen LogP contribution in [0.4, 0.5) is 0 Å². The molecule has 2 aliphatic rings. The van der Waals surface area contributed by atoms with Crippen LogP contribution >= 0.6 is 0 Å². The monoisotopic (exact) mass is 332 g/mol. The van der Waals surface area contributed by atoms with Crippen LogP contribution < -0.4 is 9.47 Å². The van der Waals surface area contributed by atoms with Crippen molar-refractivity contribution < 1.29 is 14.6 Å². The average molecular weight is 332 g/mol. The third-order valence-electron chi connectivity index (χ3n) is 5.54. The summed E-state index contributed by atoms with van der Waals surface area (Å²) in [4.78, 5) is 0. The van der Waals surface area contributed by atoms with E-state index in [2.05, 4.69) is 0 Å². The van der Waals surface area contributed by atoms with Crippen molar-refractivity contribution in [2.45, 2.75) is 70.8 Å². The molecule has 0 aliphatic heterocycles. The van der Waals surface area contributed by atoms with Crippen LogP contribution in [0, 0.1) is 11.8 Å². The van der Waals surface area contributed by atoms with E-state index in [1.54, 1.807) is 0 Å². The maximum atomic E-state index is 9.51. The molecule has 0 saturated heterocycles. The lowest BCUT2D eigenvalue weighted by Gasteiger charge is -2.23. The minimum atomic E-state index is 0.0282.